The molecule has 1 atom stereocenters. The monoisotopic (exact) mass is 396 g/mol. The summed E-state index contributed by atoms with van der Waals surface area (Å²) >= 11 is 0. The molecule has 29 heavy (non-hydrogen) atoms. The first-order valence-electron chi connectivity index (χ1n) is 10.2. The smallest absolute Gasteiger partial charge is 0.242 e. The first-order chi connectivity index (χ1) is 13.9. The van der Waals surface area contributed by atoms with Crippen LogP contribution in [0.3, 0.4) is 0 Å². The van der Waals surface area contributed by atoms with Gasteiger partial charge in [-0.15, -0.1) is 0 Å². The molecule has 2 aromatic carbocycles. The molecule has 1 N–H and O–H groups in total. The summed E-state index contributed by atoms with van der Waals surface area (Å²) in [6.07, 6.45) is 2.19. The highest BCUT2D eigenvalue weighted by molar-refractivity contribution is 5.88. The van der Waals surface area contributed by atoms with Gasteiger partial charge in [0.15, 0.2) is 0 Å². The molecule has 0 fully saturated rings. The molecule has 0 bridgehead atoms. The van der Waals surface area contributed by atoms with E-state index in [1.807, 2.05) is 55.5 Å². The number of carbonyl (C=O) groups excluding carboxylic acids is 2. The van der Waals surface area contributed by atoms with Crippen LogP contribution in [0.15, 0.2) is 48.5 Å². The Morgan fingerprint density at radius 1 is 1.10 bits per heavy atom. The third-order valence-electron chi connectivity index (χ3n) is 4.92. The molecule has 0 aliphatic heterocycles. The molecule has 156 valence electrons. The molecule has 0 aliphatic rings. The summed E-state index contributed by atoms with van der Waals surface area (Å²) in [5, 5.41) is 2.94. The lowest BCUT2D eigenvalue weighted by atomic mass is 10.1. The van der Waals surface area contributed by atoms with Crippen molar-refractivity contribution in [3.05, 3.63) is 65.2 Å². The molecule has 0 spiro atoms. The van der Waals surface area contributed by atoms with E-state index in [-0.39, 0.29) is 18.2 Å². The number of nitrogens with one attached hydrogen (secondary N) is 1. The van der Waals surface area contributed by atoms with Crippen LogP contribution < -0.4 is 10.1 Å². The number of carbonyl (C=O) groups is 2. The lowest BCUT2D eigenvalue weighted by molar-refractivity contribution is -0.140. The Morgan fingerprint density at radius 2 is 1.83 bits per heavy atom. The highest BCUT2D eigenvalue weighted by Crippen LogP contribution is 2.17. The summed E-state index contributed by atoms with van der Waals surface area (Å²) in [5.41, 5.74) is 2.99. The molecule has 2 aromatic rings. The minimum absolute atomic E-state index is 0.0726. The van der Waals surface area contributed by atoms with E-state index in [0.717, 1.165) is 35.3 Å². The number of nitrogens with zero attached hydrogens (tertiary/aromatic N) is 1. The predicted octanol–water partition coefficient (Wildman–Crippen LogP) is 3.88. The van der Waals surface area contributed by atoms with E-state index in [1.165, 1.54) is 0 Å². The molecule has 5 heteroatoms. The lowest BCUT2D eigenvalue weighted by Crippen LogP contribution is -2.48. The van der Waals surface area contributed by atoms with Gasteiger partial charge < -0.3 is 15.0 Å². The number of aryl methyl sites for hydroxylation is 1. The van der Waals surface area contributed by atoms with Gasteiger partial charge in [0, 0.05) is 13.1 Å². The quantitative estimate of drug-likeness (QED) is 0.620. The molecule has 0 heterocycles. The minimum atomic E-state index is -0.560. The fraction of sp³-hybridized carbons (Fsp3) is 0.417. The zero-order valence-corrected chi connectivity index (χ0v) is 17.9. The van der Waals surface area contributed by atoms with Crippen LogP contribution in [0.5, 0.6) is 5.75 Å². The van der Waals surface area contributed by atoms with Crippen molar-refractivity contribution in [1.29, 1.82) is 0 Å². The van der Waals surface area contributed by atoms with Crippen LogP contribution in [0.25, 0.3) is 0 Å². The summed E-state index contributed by atoms with van der Waals surface area (Å²) in [4.78, 5) is 27.5. The summed E-state index contributed by atoms with van der Waals surface area (Å²) in [5.74, 6) is 0.532. The van der Waals surface area contributed by atoms with E-state index in [4.69, 9.17) is 4.74 Å². The van der Waals surface area contributed by atoms with Gasteiger partial charge in [0.2, 0.25) is 11.8 Å². The number of hydrogen-bond acceptors (Lipinski definition) is 3. The van der Waals surface area contributed by atoms with E-state index < -0.39 is 6.04 Å². The van der Waals surface area contributed by atoms with Gasteiger partial charge in [-0.2, -0.15) is 0 Å². The average molecular weight is 397 g/mol. The predicted molar refractivity (Wildman–Crippen MR) is 116 cm³/mol. The van der Waals surface area contributed by atoms with Gasteiger partial charge in [0.05, 0.1) is 13.5 Å². The van der Waals surface area contributed by atoms with Gasteiger partial charge in [-0.1, -0.05) is 55.3 Å². The van der Waals surface area contributed by atoms with Crippen LogP contribution in [0, 0.1) is 6.92 Å². The standard InChI is InChI=1S/C24H32N2O3/c1-5-6-13-25-24(28)19(3)26(17-21-11-8-12-22(15-21)29-4)23(27)16-20-10-7-9-18(2)14-20/h7-12,14-15,19H,5-6,13,16-17H2,1-4H3,(H,25,28)/t19-/m0/s1. The first kappa shape index (κ1) is 22.5. The SMILES string of the molecule is CCCCNC(=O)[C@H](C)N(Cc1cccc(OC)c1)C(=O)Cc1cccc(C)c1. The number of rotatable bonds is 10. The normalized spacial score (nSPS) is 11.6. The molecule has 0 saturated carbocycles. The van der Waals surface area contributed by atoms with Gasteiger partial charge in [-0.3, -0.25) is 9.59 Å². The number of unbranched alkanes of at least 4 members (excludes halogenated alkanes) is 1. The van der Waals surface area contributed by atoms with Gasteiger partial charge >= 0.3 is 0 Å². The Bertz CT molecular complexity index is 819. The molecule has 0 radical (unpaired) electrons. The maximum atomic E-state index is 13.2. The van der Waals surface area contributed by atoms with Crippen molar-refractivity contribution in [2.45, 2.75) is 52.6 Å². The fourth-order valence-corrected chi connectivity index (χ4v) is 3.18. The minimum Gasteiger partial charge on any atom is -0.497 e. The molecule has 2 amide bonds. The number of ether oxygens (including phenoxy) is 1. The largest absolute Gasteiger partial charge is 0.497 e. The maximum Gasteiger partial charge on any atom is 0.242 e. The Morgan fingerprint density at radius 3 is 2.52 bits per heavy atom. The zero-order valence-electron chi connectivity index (χ0n) is 17.9. The second-order valence-corrected chi connectivity index (χ2v) is 7.36. The number of amides is 2. The topological polar surface area (TPSA) is 58.6 Å². The third kappa shape index (κ3) is 6.93. The molecule has 5 nitrogen and oxygen atoms in total. The molecule has 2 rings (SSSR count). The zero-order chi connectivity index (χ0) is 21.2. The summed E-state index contributed by atoms with van der Waals surface area (Å²) < 4.78 is 5.30. The average Bonchev–Trinajstić information content (AvgIpc) is 2.71. The molecule has 0 saturated heterocycles. The van der Waals surface area contributed by atoms with Crippen LogP contribution in [0.4, 0.5) is 0 Å². The third-order valence-corrected chi connectivity index (χ3v) is 4.92. The fourth-order valence-electron chi connectivity index (χ4n) is 3.18. The van der Waals surface area contributed by atoms with Crippen LogP contribution in [0.2, 0.25) is 0 Å². The number of benzene rings is 2. The highest BCUT2D eigenvalue weighted by atomic mass is 16.5. The molecular formula is C24H32N2O3. The van der Waals surface area contributed by atoms with Gasteiger partial charge in [0.1, 0.15) is 11.8 Å². The van der Waals surface area contributed by atoms with Crippen LogP contribution in [-0.2, 0) is 22.6 Å². The van der Waals surface area contributed by atoms with Gasteiger partial charge in [-0.25, -0.2) is 0 Å². The van der Waals surface area contributed by atoms with Crippen LogP contribution in [-0.4, -0.2) is 36.4 Å². The summed E-state index contributed by atoms with van der Waals surface area (Å²) in [6, 6.07) is 14.9. The molecular weight excluding hydrogens is 364 g/mol. The van der Waals surface area contributed by atoms with Crippen molar-refractivity contribution >= 4 is 11.8 Å². The molecule has 0 aliphatic carbocycles. The Labute approximate surface area is 174 Å². The summed E-state index contributed by atoms with van der Waals surface area (Å²) in [6.45, 7) is 6.85. The van der Waals surface area contributed by atoms with Crippen molar-refractivity contribution in [3.63, 3.8) is 0 Å². The van der Waals surface area contributed by atoms with Gasteiger partial charge in [-0.05, 0) is 43.5 Å². The number of methoxy groups -OCH3 is 1. The van der Waals surface area contributed by atoms with Crippen molar-refractivity contribution in [1.82, 2.24) is 10.2 Å². The second-order valence-electron chi connectivity index (χ2n) is 7.36. The van der Waals surface area contributed by atoms with Crippen molar-refractivity contribution < 1.29 is 14.3 Å². The van der Waals surface area contributed by atoms with E-state index >= 15 is 0 Å². The maximum absolute atomic E-state index is 13.2. The summed E-state index contributed by atoms with van der Waals surface area (Å²) in [7, 11) is 1.61. The Hall–Kier alpha value is -2.82. The van der Waals surface area contributed by atoms with E-state index in [9.17, 15) is 9.59 Å². The van der Waals surface area contributed by atoms with E-state index in [0.29, 0.717) is 13.1 Å². The van der Waals surface area contributed by atoms with Gasteiger partial charge in [0.25, 0.3) is 0 Å². The van der Waals surface area contributed by atoms with E-state index in [2.05, 4.69) is 12.2 Å². The second kappa shape index (κ2) is 11.2. The highest BCUT2D eigenvalue weighted by Gasteiger charge is 2.26. The number of hydrogen-bond donors (Lipinski definition) is 1. The van der Waals surface area contributed by atoms with Crippen molar-refractivity contribution in [2.24, 2.45) is 0 Å². The van der Waals surface area contributed by atoms with Crippen molar-refractivity contribution in [2.75, 3.05) is 13.7 Å². The van der Waals surface area contributed by atoms with E-state index in [1.54, 1.807) is 18.9 Å². The lowest BCUT2D eigenvalue weighted by Gasteiger charge is -2.29. The first-order valence-corrected chi connectivity index (χ1v) is 10.2. The Balaban J connectivity index is 2.20. The van der Waals surface area contributed by atoms with Crippen LogP contribution in [0.1, 0.15) is 43.4 Å². The molecule has 0 aromatic heterocycles. The van der Waals surface area contributed by atoms with Crippen molar-refractivity contribution in [3.8, 4) is 5.75 Å². The Kier molecular flexibility index (Phi) is 8.71. The molecule has 0 unspecified atom stereocenters. The van der Waals surface area contributed by atoms with Crippen LogP contribution >= 0.6 is 0 Å².